The van der Waals surface area contributed by atoms with Crippen molar-refractivity contribution in [2.75, 3.05) is 5.75 Å². The third-order valence-corrected chi connectivity index (χ3v) is 6.96. The summed E-state index contributed by atoms with van der Waals surface area (Å²) in [6, 6.07) is 6.17. The molecular weight excluding hydrogens is 448 g/mol. The highest BCUT2D eigenvalue weighted by Gasteiger charge is 2.59. The number of carbonyl (C=O) groups is 2. The van der Waals surface area contributed by atoms with Gasteiger partial charge in [-0.1, -0.05) is 29.5 Å². The highest BCUT2D eigenvalue weighted by atomic mass is 32.2. The van der Waals surface area contributed by atoms with Crippen molar-refractivity contribution < 1.29 is 41.1 Å². The van der Waals surface area contributed by atoms with Crippen LogP contribution in [-0.2, 0) is 42.8 Å². The van der Waals surface area contributed by atoms with Crippen molar-refractivity contribution in [2.24, 2.45) is 0 Å². The molecule has 5 atom stereocenters. The second-order valence-electron chi connectivity index (χ2n) is 7.85. The number of fused-ring (bicyclic) bond motifs is 1. The molecule has 9 nitrogen and oxygen atoms in total. The Hall–Kier alpha value is -1.50. The van der Waals surface area contributed by atoms with Crippen molar-refractivity contribution >= 4 is 33.0 Å². The van der Waals surface area contributed by atoms with Gasteiger partial charge >= 0.3 is 5.97 Å². The van der Waals surface area contributed by atoms with Crippen LogP contribution in [0, 0.1) is 6.92 Å². The Morgan fingerprint density at radius 1 is 1.16 bits per heavy atom. The summed E-state index contributed by atoms with van der Waals surface area (Å²) >= 11 is 0.883. The van der Waals surface area contributed by atoms with Gasteiger partial charge in [-0.15, -0.1) is 0 Å². The van der Waals surface area contributed by atoms with E-state index in [4.69, 9.17) is 23.1 Å². The molecule has 0 amide bonds. The molecule has 0 N–H and O–H groups in total. The summed E-state index contributed by atoms with van der Waals surface area (Å²) in [7, 11) is -4.19. The van der Waals surface area contributed by atoms with Gasteiger partial charge in [-0.3, -0.25) is 13.8 Å². The minimum absolute atomic E-state index is 0.0354. The maximum Gasteiger partial charge on any atom is 0.303 e. The van der Waals surface area contributed by atoms with Crippen LogP contribution in [0.25, 0.3) is 0 Å². The first kappa shape index (κ1) is 24.1. The molecule has 11 heteroatoms. The van der Waals surface area contributed by atoms with Crippen LogP contribution in [0.15, 0.2) is 29.2 Å². The summed E-state index contributed by atoms with van der Waals surface area (Å²) in [5, 5.41) is -0.225. The van der Waals surface area contributed by atoms with Gasteiger partial charge in [-0.2, -0.15) is 8.42 Å². The van der Waals surface area contributed by atoms with E-state index in [0.29, 0.717) is 0 Å². The molecule has 5 unspecified atom stereocenters. The van der Waals surface area contributed by atoms with Crippen LogP contribution in [0.4, 0.5) is 0 Å². The average Bonchev–Trinajstić information content (AvgIpc) is 3.11. The molecule has 2 aliphatic rings. The second kappa shape index (κ2) is 9.16. The zero-order chi connectivity index (χ0) is 23.0. The lowest BCUT2D eigenvalue weighted by atomic mass is 10.1. The van der Waals surface area contributed by atoms with Crippen molar-refractivity contribution in [2.45, 2.75) is 76.0 Å². The van der Waals surface area contributed by atoms with Gasteiger partial charge in [0.25, 0.3) is 10.1 Å². The quantitative estimate of drug-likeness (QED) is 0.430. The van der Waals surface area contributed by atoms with Gasteiger partial charge in [-0.25, -0.2) is 0 Å². The molecule has 2 saturated heterocycles. The van der Waals surface area contributed by atoms with E-state index in [1.165, 1.54) is 26.0 Å². The Labute approximate surface area is 185 Å². The predicted octanol–water partition coefficient (Wildman–Crippen LogP) is 2.16. The molecule has 0 radical (unpaired) electrons. The zero-order valence-electron chi connectivity index (χ0n) is 17.9. The topological polar surface area (TPSA) is 114 Å². The fraction of sp³-hybridized carbons (Fsp3) is 0.600. The maximum absolute atomic E-state index is 12.9. The molecule has 1 aromatic rings. The first-order valence-electron chi connectivity index (χ1n) is 9.69. The fourth-order valence-corrected chi connectivity index (χ4v) is 5.26. The monoisotopic (exact) mass is 474 g/mol. The Bertz CT molecular complexity index is 926. The zero-order valence-corrected chi connectivity index (χ0v) is 19.5. The number of hydrogen-bond acceptors (Lipinski definition) is 10. The number of ether oxygens (including phenoxy) is 4. The van der Waals surface area contributed by atoms with Crippen LogP contribution < -0.4 is 0 Å². The van der Waals surface area contributed by atoms with Crippen LogP contribution in [0.5, 0.6) is 0 Å². The standard InChI is InChI=1S/C20H26O9S2/c1-11-6-8-14(9-7-11)31(23,24)29-15(10-30-13(3)22)16-17(25-12(2)21)18-19(26-16)28-20(4,5)27-18/h6-9,15-19H,10H2,1-5H3. The van der Waals surface area contributed by atoms with Crippen molar-refractivity contribution in [3.63, 3.8) is 0 Å². The van der Waals surface area contributed by atoms with Gasteiger partial charge in [0.2, 0.25) is 0 Å². The van der Waals surface area contributed by atoms with Crippen molar-refractivity contribution in [1.82, 2.24) is 0 Å². The SMILES string of the molecule is CC(=O)OC1C(C(CSC(C)=O)OS(=O)(=O)c2ccc(C)cc2)OC2OC(C)(C)OC21. The molecule has 2 heterocycles. The number of benzene rings is 1. The van der Waals surface area contributed by atoms with Gasteiger partial charge < -0.3 is 18.9 Å². The largest absolute Gasteiger partial charge is 0.457 e. The molecule has 3 rings (SSSR count). The number of esters is 1. The number of hydrogen-bond donors (Lipinski definition) is 0. The fourth-order valence-electron chi connectivity index (χ4n) is 3.43. The number of rotatable bonds is 7. The van der Waals surface area contributed by atoms with E-state index in [-0.39, 0.29) is 15.8 Å². The van der Waals surface area contributed by atoms with Crippen molar-refractivity contribution in [1.29, 1.82) is 0 Å². The molecule has 0 bridgehead atoms. The van der Waals surface area contributed by atoms with Crippen LogP contribution in [0.3, 0.4) is 0 Å². The summed E-state index contributed by atoms with van der Waals surface area (Å²) in [6.07, 6.45) is -4.78. The van der Waals surface area contributed by atoms with Crippen molar-refractivity contribution in [3.8, 4) is 0 Å². The van der Waals surface area contributed by atoms with E-state index < -0.39 is 52.6 Å². The summed E-state index contributed by atoms with van der Waals surface area (Å²) < 4.78 is 54.1. The highest BCUT2D eigenvalue weighted by Crippen LogP contribution is 2.41. The Balaban J connectivity index is 1.88. The molecule has 0 aliphatic carbocycles. The normalized spacial score (nSPS) is 28.2. The molecule has 2 fully saturated rings. The molecule has 0 saturated carbocycles. The minimum Gasteiger partial charge on any atom is -0.457 e. The van der Waals surface area contributed by atoms with E-state index in [2.05, 4.69) is 0 Å². The van der Waals surface area contributed by atoms with Crippen LogP contribution in [0.2, 0.25) is 0 Å². The molecule has 2 aliphatic heterocycles. The van der Waals surface area contributed by atoms with E-state index in [9.17, 15) is 18.0 Å². The number of aryl methyl sites for hydroxylation is 1. The molecular formula is C20H26O9S2. The summed E-state index contributed by atoms with van der Waals surface area (Å²) in [6.45, 7) is 7.80. The lowest BCUT2D eigenvalue weighted by Crippen LogP contribution is -2.46. The average molecular weight is 475 g/mol. The lowest BCUT2D eigenvalue weighted by molar-refractivity contribution is -0.226. The Morgan fingerprint density at radius 2 is 1.81 bits per heavy atom. The molecule has 1 aromatic carbocycles. The van der Waals surface area contributed by atoms with Gasteiger partial charge in [0.15, 0.2) is 29.4 Å². The summed E-state index contributed by atoms with van der Waals surface area (Å²) in [5.41, 5.74) is 0.890. The Morgan fingerprint density at radius 3 is 2.39 bits per heavy atom. The van der Waals surface area contributed by atoms with Gasteiger partial charge in [0, 0.05) is 19.6 Å². The van der Waals surface area contributed by atoms with Gasteiger partial charge in [0.1, 0.15) is 12.2 Å². The second-order valence-corrected chi connectivity index (χ2v) is 10.6. The van der Waals surface area contributed by atoms with Crippen molar-refractivity contribution in [3.05, 3.63) is 29.8 Å². The predicted molar refractivity (Wildman–Crippen MR) is 111 cm³/mol. The van der Waals surface area contributed by atoms with Gasteiger partial charge in [-0.05, 0) is 32.9 Å². The lowest BCUT2D eigenvalue weighted by Gasteiger charge is -2.29. The van der Waals surface area contributed by atoms with Crippen LogP contribution in [-0.4, -0.2) is 61.7 Å². The molecule has 31 heavy (non-hydrogen) atoms. The van der Waals surface area contributed by atoms with Gasteiger partial charge in [0.05, 0.1) is 4.90 Å². The van der Waals surface area contributed by atoms with E-state index >= 15 is 0 Å². The maximum atomic E-state index is 12.9. The molecule has 0 spiro atoms. The number of thioether (sulfide) groups is 1. The number of carbonyl (C=O) groups excluding carboxylic acids is 2. The Kier molecular flexibility index (Phi) is 7.14. The third kappa shape index (κ3) is 5.85. The first-order valence-corrected chi connectivity index (χ1v) is 12.1. The first-order chi connectivity index (χ1) is 14.4. The van der Waals surface area contributed by atoms with E-state index in [0.717, 1.165) is 17.3 Å². The molecule has 0 aromatic heterocycles. The summed E-state index contributed by atoms with van der Waals surface area (Å²) in [5.74, 6) is -1.59. The highest BCUT2D eigenvalue weighted by molar-refractivity contribution is 8.13. The van der Waals surface area contributed by atoms with Crippen LogP contribution in [0.1, 0.15) is 33.3 Å². The minimum atomic E-state index is -4.19. The van der Waals surface area contributed by atoms with E-state index in [1.807, 2.05) is 6.92 Å². The summed E-state index contributed by atoms with van der Waals surface area (Å²) in [4.78, 5) is 23.3. The van der Waals surface area contributed by atoms with Crippen LogP contribution >= 0.6 is 11.8 Å². The van der Waals surface area contributed by atoms with E-state index in [1.54, 1.807) is 26.0 Å². The smallest absolute Gasteiger partial charge is 0.303 e. The molecule has 172 valence electrons. The third-order valence-electron chi connectivity index (χ3n) is 4.71.